The van der Waals surface area contributed by atoms with Gasteiger partial charge in [0.15, 0.2) is 0 Å². The van der Waals surface area contributed by atoms with Crippen LogP contribution in [-0.2, 0) is 6.54 Å². The van der Waals surface area contributed by atoms with Gasteiger partial charge in [-0.2, -0.15) is 0 Å². The van der Waals surface area contributed by atoms with E-state index in [-0.39, 0.29) is 5.56 Å². The number of carbonyl (C=O) groups excluding carboxylic acids is 1. The molecule has 4 nitrogen and oxygen atoms in total. The summed E-state index contributed by atoms with van der Waals surface area (Å²) in [7, 11) is 0. The molecule has 0 unspecified atom stereocenters. The number of nitrogens with two attached hydrogens (primary N) is 2. The largest absolute Gasteiger partial charge is 0.366 e. The maximum absolute atomic E-state index is 13.4. The average Bonchev–Trinajstić information content (AvgIpc) is 2.38. The van der Waals surface area contributed by atoms with E-state index >= 15 is 0 Å². The van der Waals surface area contributed by atoms with E-state index in [0.717, 1.165) is 11.6 Å². The number of benzene rings is 1. The van der Waals surface area contributed by atoms with Gasteiger partial charge in [-0.05, 0) is 29.8 Å². The molecular formula is C13H12FN3O. The van der Waals surface area contributed by atoms with Gasteiger partial charge in [-0.25, -0.2) is 4.39 Å². The van der Waals surface area contributed by atoms with Gasteiger partial charge in [-0.15, -0.1) is 0 Å². The van der Waals surface area contributed by atoms with E-state index in [9.17, 15) is 9.18 Å². The SMILES string of the molecule is NCc1ccc(-c2cc(F)cc(C(N)=O)c2)nc1. The number of nitrogens with zero attached hydrogens (tertiary/aromatic N) is 1. The topological polar surface area (TPSA) is 82.0 Å². The number of aromatic nitrogens is 1. The third-order valence-electron chi connectivity index (χ3n) is 2.54. The maximum atomic E-state index is 13.4. The Hall–Kier alpha value is -2.27. The summed E-state index contributed by atoms with van der Waals surface area (Å²) in [6.45, 7) is 0.392. The van der Waals surface area contributed by atoms with Gasteiger partial charge in [0, 0.05) is 23.9 Å². The van der Waals surface area contributed by atoms with Crippen LogP contribution in [0.5, 0.6) is 0 Å². The summed E-state index contributed by atoms with van der Waals surface area (Å²) < 4.78 is 13.4. The highest BCUT2D eigenvalue weighted by molar-refractivity contribution is 5.94. The summed E-state index contributed by atoms with van der Waals surface area (Å²) in [5, 5.41) is 0. The Morgan fingerprint density at radius 3 is 2.61 bits per heavy atom. The first-order valence-corrected chi connectivity index (χ1v) is 5.36. The van der Waals surface area contributed by atoms with Crippen LogP contribution in [0.1, 0.15) is 15.9 Å². The molecule has 0 aliphatic carbocycles. The Bertz CT molecular complexity index is 581. The molecule has 0 fully saturated rings. The molecule has 0 saturated carbocycles. The van der Waals surface area contributed by atoms with E-state index in [0.29, 0.717) is 17.8 Å². The molecule has 5 heteroatoms. The van der Waals surface area contributed by atoms with Crippen LogP contribution in [0.4, 0.5) is 4.39 Å². The number of amides is 1. The zero-order valence-corrected chi connectivity index (χ0v) is 9.56. The Morgan fingerprint density at radius 2 is 2.06 bits per heavy atom. The van der Waals surface area contributed by atoms with E-state index in [1.807, 2.05) is 0 Å². The van der Waals surface area contributed by atoms with Crippen LogP contribution in [-0.4, -0.2) is 10.9 Å². The van der Waals surface area contributed by atoms with Gasteiger partial charge < -0.3 is 11.5 Å². The van der Waals surface area contributed by atoms with Gasteiger partial charge >= 0.3 is 0 Å². The van der Waals surface area contributed by atoms with Gasteiger partial charge in [0.05, 0.1) is 5.69 Å². The number of primary amides is 1. The highest BCUT2D eigenvalue weighted by atomic mass is 19.1. The minimum absolute atomic E-state index is 0.120. The van der Waals surface area contributed by atoms with E-state index < -0.39 is 11.7 Å². The molecule has 0 atom stereocenters. The van der Waals surface area contributed by atoms with Crippen LogP contribution in [0.25, 0.3) is 11.3 Å². The molecule has 1 aromatic carbocycles. The maximum Gasteiger partial charge on any atom is 0.248 e. The number of halogens is 1. The second kappa shape index (κ2) is 4.93. The van der Waals surface area contributed by atoms with Gasteiger partial charge in [-0.1, -0.05) is 6.07 Å². The predicted octanol–water partition coefficient (Wildman–Crippen LogP) is 1.45. The first kappa shape index (κ1) is 12.2. The molecule has 92 valence electrons. The summed E-state index contributed by atoms with van der Waals surface area (Å²) in [4.78, 5) is 15.2. The fraction of sp³-hybridized carbons (Fsp3) is 0.0769. The Balaban J connectivity index is 2.46. The van der Waals surface area contributed by atoms with Crippen molar-refractivity contribution in [2.45, 2.75) is 6.54 Å². The van der Waals surface area contributed by atoms with Crippen molar-refractivity contribution < 1.29 is 9.18 Å². The zero-order valence-electron chi connectivity index (χ0n) is 9.56. The van der Waals surface area contributed by atoms with Gasteiger partial charge in [0.25, 0.3) is 0 Å². The van der Waals surface area contributed by atoms with Crippen LogP contribution in [0.15, 0.2) is 36.5 Å². The molecule has 0 aliphatic rings. The number of carbonyl (C=O) groups is 1. The lowest BCUT2D eigenvalue weighted by Gasteiger charge is -2.04. The second-order valence-corrected chi connectivity index (χ2v) is 3.85. The molecule has 4 N–H and O–H groups in total. The van der Waals surface area contributed by atoms with Gasteiger partial charge in [0.2, 0.25) is 5.91 Å². The van der Waals surface area contributed by atoms with E-state index in [1.54, 1.807) is 18.3 Å². The fourth-order valence-corrected chi connectivity index (χ4v) is 1.60. The summed E-state index contributed by atoms with van der Waals surface area (Å²) >= 11 is 0. The highest BCUT2D eigenvalue weighted by Crippen LogP contribution is 2.20. The lowest BCUT2D eigenvalue weighted by Crippen LogP contribution is -2.11. The van der Waals surface area contributed by atoms with Crippen LogP contribution in [0, 0.1) is 5.82 Å². The van der Waals surface area contributed by atoms with Crippen LogP contribution in [0.2, 0.25) is 0 Å². The first-order chi connectivity index (χ1) is 8.60. The van der Waals surface area contributed by atoms with Crippen LogP contribution >= 0.6 is 0 Å². The minimum Gasteiger partial charge on any atom is -0.366 e. The molecule has 18 heavy (non-hydrogen) atoms. The normalized spacial score (nSPS) is 10.3. The average molecular weight is 245 g/mol. The zero-order chi connectivity index (χ0) is 13.1. The Labute approximate surface area is 103 Å². The molecule has 1 amide bonds. The summed E-state index contributed by atoms with van der Waals surface area (Å²) in [5.74, 6) is -1.19. The van der Waals surface area contributed by atoms with Crippen molar-refractivity contribution in [2.75, 3.05) is 0 Å². The standard InChI is InChI=1S/C13H12FN3O/c14-11-4-9(3-10(5-11)13(16)18)12-2-1-8(6-15)7-17-12/h1-5,7H,6,15H2,(H2,16,18). The lowest BCUT2D eigenvalue weighted by molar-refractivity contribution is 0.1000. The number of pyridine rings is 1. The van der Waals surface area contributed by atoms with Crippen molar-refractivity contribution >= 4 is 5.91 Å². The molecule has 0 radical (unpaired) electrons. The van der Waals surface area contributed by atoms with Gasteiger partial charge in [-0.3, -0.25) is 9.78 Å². The number of hydrogen-bond donors (Lipinski definition) is 2. The first-order valence-electron chi connectivity index (χ1n) is 5.36. The quantitative estimate of drug-likeness (QED) is 0.858. The molecule has 2 rings (SSSR count). The molecule has 0 spiro atoms. The van der Waals surface area contributed by atoms with Gasteiger partial charge in [0.1, 0.15) is 5.82 Å². The van der Waals surface area contributed by atoms with Crippen molar-refractivity contribution in [1.29, 1.82) is 0 Å². The molecule has 1 aromatic heterocycles. The van der Waals surface area contributed by atoms with E-state index in [4.69, 9.17) is 11.5 Å². The molecule has 0 bridgehead atoms. The Kier molecular flexibility index (Phi) is 3.34. The Morgan fingerprint density at radius 1 is 1.28 bits per heavy atom. The smallest absolute Gasteiger partial charge is 0.248 e. The molecule has 0 aliphatic heterocycles. The van der Waals surface area contributed by atoms with Crippen molar-refractivity contribution in [2.24, 2.45) is 11.5 Å². The number of hydrogen-bond acceptors (Lipinski definition) is 3. The second-order valence-electron chi connectivity index (χ2n) is 3.85. The lowest BCUT2D eigenvalue weighted by atomic mass is 10.1. The van der Waals surface area contributed by atoms with E-state index in [2.05, 4.69) is 4.98 Å². The van der Waals surface area contributed by atoms with Crippen molar-refractivity contribution in [3.63, 3.8) is 0 Å². The molecular weight excluding hydrogens is 233 g/mol. The van der Waals surface area contributed by atoms with Crippen molar-refractivity contribution in [3.05, 3.63) is 53.5 Å². The summed E-state index contributed by atoms with van der Waals surface area (Å²) in [6, 6.07) is 7.44. The van der Waals surface area contributed by atoms with Crippen LogP contribution in [0.3, 0.4) is 0 Å². The van der Waals surface area contributed by atoms with Crippen molar-refractivity contribution in [3.8, 4) is 11.3 Å². The minimum atomic E-state index is -0.672. The number of rotatable bonds is 3. The third-order valence-corrected chi connectivity index (χ3v) is 2.54. The fourth-order valence-electron chi connectivity index (χ4n) is 1.60. The molecule has 1 heterocycles. The van der Waals surface area contributed by atoms with E-state index in [1.165, 1.54) is 12.1 Å². The molecule has 0 saturated heterocycles. The predicted molar refractivity (Wildman–Crippen MR) is 66.0 cm³/mol. The molecule has 2 aromatic rings. The summed E-state index contributed by atoms with van der Waals surface area (Å²) in [6.07, 6.45) is 1.62. The monoisotopic (exact) mass is 245 g/mol. The third kappa shape index (κ3) is 2.52. The van der Waals surface area contributed by atoms with Crippen LogP contribution < -0.4 is 11.5 Å². The summed E-state index contributed by atoms with van der Waals surface area (Å²) in [5.41, 5.74) is 12.7. The highest BCUT2D eigenvalue weighted by Gasteiger charge is 2.07. The van der Waals surface area contributed by atoms with Crippen molar-refractivity contribution in [1.82, 2.24) is 4.98 Å².